The van der Waals surface area contributed by atoms with Crippen LogP contribution in [0, 0.1) is 12.7 Å². The highest BCUT2D eigenvalue weighted by Crippen LogP contribution is 2.29. The van der Waals surface area contributed by atoms with Crippen molar-refractivity contribution in [2.75, 3.05) is 24.5 Å². The summed E-state index contributed by atoms with van der Waals surface area (Å²) in [6.07, 6.45) is 0. The number of aryl methyl sites for hydroxylation is 1. The predicted molar refractivity (Wildman–Crippen MR) is 131 cm³/mol. The molecule has 1 fully saturated rings. The first-order valence-corrected chi connectivity index (χ1v) is 11.9. The summed E-state index contributed by atoms with van der Waals surface area (Å²) in [4.78, 5) is 28.0. The largest absolute Gasteiger partial charge is 0.360 e. The third-order valence-electron chi connectivity index (χ3n) is 5.87. The Labute approximate surface area is 200 Å². The van der Waals surface area contributed by atoms with Gasteiger partial charge in [-0.3, -0.25) is 14.3 Å². The molecule has 0 atom stereocenters. The lowest BCUT2D eigenvalue weighted by atomic mass is 10.2. The number of fused-ring (bicyclic) bond motifs is 1. The van der Waals surface area contributed by atoms with Crippen LogP contribution in [0.15, 0.2) is 54.6 Å². The number of amides is 2. The van der Waals surface area contributed by atoms with Gasteiger partial charge in [0.15, 0.2) is 0 Å². The molecular weight excluding hydrogens is 453 g/mol. The molecule has 5 rings (SSSR count). The summed E-state index contributed by atoms with van der Waals surface area (Å²) in [6, 6.07) is 16.1. The van der Waals surface area contributed by atoms with Crippen molar-refractivity contribution in [2.24, 2.45) is 0 Å². The van der Waals surface area contributed by atoms with Gasteiger partial charge < -0.3 is 15.5 Å². The standard InChI is InChI=1S/C25H24FN5O2S/c1-16-21-12-22(34-25(21)31(29-16)14-18-2-6-19(26)7-3-18)24(33)28-13-17-4-8-20(9-5-17)30-11-10-27-23(32)15-30/h2-9,12H,10-11,13-15H2,1H3,(H,27,32)(H,28,33). The summed E-state index contributed by atoms with van der Waals surface area (Å²) in [6.45, 7) is 4.63. The minimum absolute atomic E-state index is 0.0296. The number of carbonyl (C=O) groups is 2. The second-order valence-electron chi connectivity index (χ2n) is 8.32. The van der Waals surface area contributed by atoms with Crippen molar-refractivity contribution < 1.29 is 14.0 Å². The minimum atomic E-state index is -0.269. The van der Waals surface area contributed by atoms with Crippen LogP contribution in [0.1, 0.15) is 26.5 Å². The molecule has 2 aromatic carbocycles. The number of halogens is 1. The van der Waals surface area contributed by atoms with Crippen LogP contribution in [0.2, 0.25) is 0 Å². The molecule has 0 unspecified atom stereocenters. The van der Waals surface area contributed by atoms with E-state index in [4.69, 9.17) is 0 Å². The van der Waals surface area contributed by atoms with E-state index in [9.17, 15) is 14.0 Å². The Balaban J connectivity index is 1.25. The predicted octanol–water partition coefficient (Wildman–Crippen LogP) is 3.46. The molecule has 3 heterocycles. The third kappa shape index (κ3) is 4.65. The van der Waals surface area contributed by atoms with E-state index in [1.807, 2.05) is 46.8 Å². The molecule has 0 radical (unpaired) electrons. The van der Waals surface area contributed by atoms with Crippen LogP contribution in [0.25, 0.3) is 10.2 Å². The molecule has 0 saturated carbocycles. The number of anilines is 1. The minimum Gasteiger partial charge on any atom is -0.360 e. The SMILES string of the molecule is Cc1nn(Cc2ccc(F)cc2)c2sc(C(=O)NCc3ccc(N4CCNC(=O)C4)cc3)cc12. The molecule has 2 amide bonds. The molecule has 0 spiro atoms. The molecule has 34 heavy (non-hydrogen) atoms. The van der Waals surface area contributed by atoms with Gasteiger partial charge in [-0.15, -0.1) is 11.3 Å². The lowest BCUT2D eigenvalue weighted by Gasteiger charge is -2.28. The Kier molecular flexibility index (Phi) is 6.02. The highest BCUT2D eigenvalue weighted by Gasteiger charge is 2.18. The molecule has 9 heteroatoms. The van der Waals surface area contributed by atoms with E-state index in [-0.39, 0.29) is 17.6 Å². The van der Waals surface area contributed by atoms with Gasteiger partial charge in [-0.05, 0) is 48.4 Å². The van der Waals surface area contributed by atoms with E-state index in [1.165, 1.54) is 23.5 Å². The van der Waals surface area contributed by atoms with E-state index < -0.39 is 0 Å². The summed E-state index contributed by atoms with van der Waals surface area (Å²) in [5.74, 6) is -0.373. The van der Waals surface area contributed by atoms with Crippen LogP contribution >= 0.6 is 11.3 Å². The summed E-state index contributed by atoms with van der Waals surface area (Å²) < 4.78 is 15.1. The zero-order valence-electron chi connectivity index (χ0n) is 18.7. The number of benzene rings is 2. The van der Waals surface area contributed by atoms with E-state index in [0.717, 1.165) is 39.3 Å². The second-order valence-corrected chi connectivity index (χ2v) is 9.35. The quantitative estimate of drug-likeness (QED) is 0.446. The van der Waals surface area contributed by atoms with Crippen LogP contribution in [-0.2, 0) is 17.9 Å². The first-order chi connectivity index (χ1) is 16.5. The average molecular weight is 478 g/mol. The average Bonchev–Trinajstić information content (AvgIpc) is 3.40. The van der Waals surface area contributed by atoms with Crippen molar-refractivity contribution in [3.05, 3.63) is 82.1 Å². The summed E-state index contributed by atoms with van der Waals surface area (Å²) in [5, 5.41) is 11.3. The molecular formula is C25H24FN5O2S. The van der Waals surface area contributed by atoms with Crippen molar-refractivity contribution in [1.29, 1.82) is 0 Å². The fraction of sp³-hybridized carbons (Fsp3) is 0.240. The Morgan fingerprint density at radius 2 is 1.88 bits per heavy atom. The number of rotatable bonds is 6. The van der Waals surface area contributed by atoms with Crippen molar-refractivity contribution in [2.45, 2.75) is 20.0 Å². The Bertz CT molecular complexity index is 1340. The molecule has 4 aromatic rings. The Morgan fingerprint density at radius 3 is 2.62 bits per heavy atom. The Hall–Kier alpha value is -3.72. The fourth-order valence-corrected chi connectivity index (χ4v) is 5.12. The molecule has 2 N–H and O–H groups in total. The van der Waals surface area contributed by atoms with Crippen LogP contribution in [0.4, 0.5) is 10.1 Å². The zero-order chi connectivity index (χ0) is 23.7. The number of nitrogens with one attached hydrogen (secondary N) is 2. The van der Waals surface area contributed by atoms with Gasteiger partial charge in [0.1, 0.15) is 10.6 Å². The number of hydrogen-bond donors (Lipinski definition) is 2. The van der Waals surface area contributed by atoms with E-state index in [2.05, 4.69) is 15.7 Å². The van der Waals surface area contributed by atoms with Crippen molar-refractivity contribution in [3.8, 4) is 0 Å². The van der Waals surface area contributed by atoms with E-state index >= 15 is 0 Å². The highest BCUT2D eigenvalue weighted by molar-refractivity contribution is 7.20. The van der Waals surface area contributed by atoms with Crippen molar-refractivity contribution in [1.82, 2.24) is 20.4 Å². The fourth-order valence-electron chi connectivity index (χ4n) is 4.05. The summed E-state index contributed by atoms with van der Waals surface area (Å²) in [5.41, 5.74) is 3.78. The number of hydrogen-bond acceptors (Lipinski definition) is 5. The first-order valence-electron chi connectivity index (χ1n) is 11.1. The van der Waals surface area contributed by atoms with Gasteiger partial charge in [-0.2, -0.15) is 5.10 Å². The molecule has 174 valence electrons. The zero-order valence-corrected chi connectivity index (χ0v) is 19.5. The van der Waals surface area contributed by atoms with Gasteiger partial charge >= 0.3 is 0 Å². The van der Waals surface area contributed by atoms with Gasteiger partial charge in [0.25, 0.3) is 5.91 Å². The van der Waals surface area contributed by atoms with Crippen LogP contribution < -0.4 is 15.5 Å². The number of thiophene rings is 1. The smallest absolute Gasteiger partial charge is 0.261 e. The van der Waals surface area contributed by atoms with Crippen molar-refractivity contribution >= 4 is 39.1 Å². The first kappa shape index (κ1) is 22.1. The maximum atomic E-state index is 13.2. The molecule has 1 aliphatic rings. The van der Waals surface area contributed by atoms with Crippen LogP contribution in [-0.4, -0.2) is 41.2 Å². The maximum Gasteiger partial charge on any atom is 0.261 e. The van der Waals surface area contributed by atoms with Crippen molar-refractivity contribution in [3.63, 3.8) is 0 Å². The van der Waals surface area contributed by atoms with Gasteiger partial charge in [-0.1, -0.05) is 24.3 Å². The molecule has 7 nitrogen and oxygen atoms in total. The number of aromatic nitrogens is 2. The summed E-state index contributed by atoms with van der Waals surface area (Å²) in [7, 11) is 0. The normalized spacial score (nSPS) is 13.8. The number of carbonyl (C=O) groups excluding carboxylic acids is 2. The number of nitrogens with zero attached hydrogens (tertiary/aromatic N) is 3. The third-order valence-corrected chi connectivity index (χ3v) is 7.02. The second kappa shape index (κ2) is 9.26. The lowest BCUT2D eigenvalue weighted by molar-refractivity contribution is -0.120. The molecule has 0 aliphatic carbocycles. The van der Waals surface area contributed by atoms with Gasteiger partial charge in [-0.25, -0.2) is 4.39 Å². The van der Waals surface area contributed by atoms with Gasteiger partial charge in [0.2, 0.25) is 5.91 Å². The van der Waals surface area contributed by atoms with Gasteiger partial charge in [0, 0.05) is 30.7 Å². The molecule has 1 saturated heterocycles. The monoisotopic (exact) mass is 477 g/mol. The molecule has 1 aliphatic heterocycles. The van der Waals surface area contributed by atoms with E-state index in [0.29, 0.717) is 31.1 Å². The number of piperazine rings is 1. The molecule has 2 aromatic heterocycles. The van der Waals surface area contributed by atoms with Crippen LogP contribution in [0.5, 0.6) is 0 Å². The topological polar surface area (TPSA) is 79.3 Å². The van der Waals surface area contributed by atoms with Crippen LogP contribution in [0.3, 0.4) is 0 Å². The molecule has 0 bridgehead atoms. The summed E-state index contributed by atoms with van der Waals surface area (Å²) >= 11 is 1.40. The van der Waals surface area contributed by atoms with E-state index in [1.54, 1.807) is 12.1 Å². The highest BCUT2D eigenvalue weighted by atomic mass is 32.1. The van der Waals surface area contributed by atoms with Gasteiger partial charge in [0.05, 0.1) is 23.7 Å². The lowest BCUT2D eigenvalue weighted by Crippen LogP contribution is -2.47. The Morgan fingerprint density at radius 1 is 1.15 bits per heavy atom. The maximum absolute atomic E-state index is 13.2.